The number of methoxy groups -OCH3 is 1. The van der Waals surface area contributed by atoms with Crippen LogP contribution in [0, 0.1) is 0 Å². The SMILES string of the molecule is COC(=O)C1CCCN1Cc1nc(-c2ccc(Br)s2)no1. The fraction of sp³-hybridized carbons (Fsp3) is 0.462. The fourth-order valence-electron chi connectivity index (χ4n) is 2.45. The maximum absolute atomic E-state index is 11.7. The van der Waals surface area contributed by atoms with Crippen LogP contribution >= 0.6 is 27.3 Å². The van der Waals surface area contributed by atoms with Gasteiger partial charge in [-0.25, -0.2) is 0 Å². The highest BCUT2D eigenvalue weighted by Gasteiger charge is 2.32. The van der Waals surface area contributed by atoms with E-state index >= 15 is 0 Å². The quantitative estimate of drug-likeness (QED) is 0.769. The second-order valence-electron chi connectivity index (χ2n) is 4.77. The highest BCUT2D eigenvalue weighted by molar-refractivity contribution is 9.11. The molecule has 3 heterocycles. The molecule has 1 saturated heterocycles. The van der Waals surface area contributed by atoms with Gasteiger partial charge in [-0.05, 0) is 47.4 Å². The van der Waals surface area contributed by atoms with E-state index in [0.717, 1.165) is 28.0 Å². The molecule has 8 heteroatoms. The lowest BCUT2D eigenvalue weighted by molar-refractivity contribution is -0.146. The lowest BCUT2D eigenvalue weighted by atomic mass is 10.2. The fourth-order valence-corrected chi connectivity index (χ4v) is 3.76. The van der Waals surface area contributed by atoms with Crippen molar-refractivity contribution in [2.45, 2.75) is 25.4 Å². The molecule has 2 aromatic heterocycles. The predicted molar refractivity (Wildman–Crippen MR) is 80.8 cm³/mol. The van der Waals surface area contributed by atoms with Crippen molar-refractivity contribution >= 4 is 33.2 Å². The summed E-state index contributed by atoms with van der Waals surface area (Å²) in [6.07, 6.45) is 1.78. The Balaban J connectivity index is 1.71. The average Bonchev–Trinajstić information content (AvgIpc) is 3.19. The number of hydrogen-bond donors (Lipinski definition) is 0. The molecule has 3 rings (SSSR count). The molecule has 21 heavy (non-hydrogen) atoms. The van der Waals surface area contributed by atoms with Crippen molar-refractivity contribution < 1.29 is 14.1 Å². The molecular formula is C13H14BrN3O3S. The largest absolute Gasteiger partial charge is 0.468 e. The number of nitrogens with zero attached hydrogens (tertiary/aromatic N) is 3. The Morgan fingerprint density at radius 3 is 3.19 bits per heavy atom. The number of hydrogen-bond acceptors (Lipinski definition) is 7. The first-order valence-electron chi connectivity index (χ1n) is 6.57. The second-order valence-corrected chi connectivity index (χ2v) is 7.23. The van der Waals surface area contributed by atoms with Crippen molar-refractivity contribution in [3.05, 3.63) is 21.8 Å². The summed E-state index contributed by atoms with van der Waals surface area (Å²) in [5.41, 5.74) is 0. The van der Waals surface area contributed by atoms with Gasteiger partial charge in [0.2, 0.25) is 11.7 Å². The van der Waals surface area contributed by atoms with E-state index in [0.29, 0.717) is 18.3 Å². The Morgan fingerprint density at radius 1 is 1.62 bits per heavy atom. The Morgan fingerprint density at radius 2 is 2.48 bits per heavy atom. The van der Waals surface area contributed by atoms with Crippen LogP contribution in [0.15, 0.2) is 20.4 Å². The van der Waals surface area contributed by atoms with Crippen LogP contribution in [0.5, 0.6) is 0 Å². The maximum atomic E-state index is 11.7. The third kappa shape index (κ3) is 3.17. The Hall–Kier alpha value is -1.25. The summed E-state index contributed by atoms with van der Waals surface area (Å²) in [5, 5.41) is 3.99. The van der Waals surface area contributed by atoms with Crippen LogP contribution in [0.2, 0.25) is 0 Å². The standard InChI is InChI=1S/C13H14BrN3O3S/c1-19-13(18)8-3-2-6-17(8)7-11-15-12(16-20-11)9-4-5-10(14)21-9/h4-5,8H,2-3,6-7H2,1H3. The maximum Gasteiger partial charge on any atom is 0.323 e. The Bertz CT molecular complexity index is 642. The summed E-state index contributed by atoms with van der Waals surface area (Å²) in [5.74, 6) is 0.897. The van der Waals surface area contributed by atoms with Crippen molar-refractivity contribution in [1.29, 1.82) is 0 Å². The van der Waals surface area contributed by atoms with Crippen molar-refractivity contribution in [2.24, 2.45) is 0 Å². The third-order valence-corrected chi connectivity index (χ3v) is 5.06. The van der Waals surface area contributed by atoms with Crippen LogP contribution in [-0.4, -0.2) is 40.7 Å². The van der Waals surface area contributed by atoms with Gasteiger partial charge in [-0.3, -0.25) is 9.69 Å². The van der Waals surface area contributed by atoms with Gasteiger partial charge >= 0.3 is 5.97 Å². The van der Waals surface area contributed by atoms with Gasteiger partial charge in [0, 0.05) is 0 Å². The molecule has 0 bridgehead atoms. The molecule has 0 N–H and O–H groups in total. The minimum atomic E-state index is -0.207. The zero-order valence-electron chi connectivity index (χ0n) is 11.4. The number of carbonyl (C=O) groups excluding carboxylic acids is 1. The number of aromatic nitrogens is 2. The van der Waals surface area contributed by atoms with Crippen molar-refractivity contribution in [2.75, 3.05) is 13.7 Å². The van der Waals surface area contributed by atoms with Crippen molar-refractivity contribution in [3.63, 3.8) is 0 Å². The van der Waals surface area contributed by atoms with Crippen molar-refractivity contribution in [1.82, 2.24) is 15.0 Å². The molecule has 112 valence electrons. The van der Waals surface area contributed by atoms with Gasteiger partial charge in [-0.1, -0.05) is 5.16 Å². The summed E-state index contributed by atoms with van der Waals surface area (Å²) < 4.78 is 11.1. The molecule has 1 unspecified atom stereocenters. The highest BCUT2D eigenvalue weighted by Crippen LogP contribution is 2.29. The monoisotopic (exact) mass is 371 g/mol. The summed E-state index contributed by atoms with van der Waals surface area (Å²) in [6.45, 7) is 1.31. The molecule has 1 fully saturated rings. The lowest BCUT2D eigenvalue weighted by Crippen LogP contribution is -2.36. The first-order chi connectivity index (χ1) is 10.2. The molecule has 0 aliphatic carbocycles. The number of halogens is 1. The normalized spacial score (nSPS) is 19.0. The number of carbonyl (C=O) groups is 1. The van der Waals surface area contributed by atoms with E-state index in [-0.39, 0.29) is 12.0 Å². The summed E-state index contributed by atoms with van der Waals surface area (Å²) in [6, 6.07) is 3.68. The minimum Gasteiger partial charge on any atom is -0.468 e. The number of esters is 1. The van der Waals surface area contributed by atoms with Crippen molar-refractivity contribution in [3.8, 4) is 10.7 Å². The van der Waals surface area contributed by atoms with Crippen LogP contribution < -0.4 is 0 Å². The van der Waals surface area contributed by atoms with E-state index in [9.17, 15) is 4.79 Å². The van der Waals surface area contributed by atoms with E-state index < -0.39 is 0 Å². The van der Waals surface area contributed by atoms with Gasteiger partial charge in [0.05, 0.1) is 22.3 Å². The first-order valence-corrected chi connectivity index (χ1v) is 8.18. The third-order valence-electron chi connectivity index (χ3n) is 3.44. The molecule has 0 radical (unpaired) electrons. The van der Waals surface area contributed by atoms with E-state index in [1.165, 1.54) is 7.11 Å². The number of ether oxygens (including phenoxy) is 1. The zero-order valence-corrected chi connectivity index (χ0v) is 13.8. The molecule has 2 aromatic rings. The molecule has 0 amide bonds. The number of rotatable bonds is 4. The van der Waals surface area contributed by atoms with Gasteiger partial charge in [0.25, 0.3) is 0 Å². The van der Waals surface area contributed by atoms with Crippen LogP contribution in [0.1, 0.15) is 18.7 Å². The number of likely N-dealkylation sites (tertiary alicyclic amines) is 1. The van der Waals surface area contributed by atoms with Crippen LogP contribution in [0.4, 0.5) is 0 Å². The highest BCUT2D eigenvalue weighted by atomic mass is 79.9. The molecule has 6 nitrogen and oxygen atoms in total. The van der Waals surface area contributed by atoms with Crippen LogP contribution in [0.3, 0.4) is 0 Å². The van der Waals surface area contributed by atoms with E-state index in [4.69, 9.17) is 9.26 Å². The lowest BCUT2D eigenvalue weighted by Gasteiger charge is -2.19. The van der Waals surface area contributed by atoms with Gasteiger partial charge < -0.3 is 9.26 Å². The molecule has 0 spiro atoms. The molecule has 1 atom stereocenters. The molecule has 0 saturated carbocycles. The minimum absolute atomic E-state index is 0.200. The zero-order chi connectivity index (χ0) is 14.8. The predicted octanol–water partition coefficient (Wildman–Crippen LogP) is 2.70. The summed E-state index contributed by atoms with van der Waals surface area (Å²) >= 11 is 4.96. The first kappa shape index (κ1) is 14.7. The van der Waals surface area contributed by atoms with Gasteiger partial charge in [-0.2, -0.15) is 4.98 Å². The van der Waals surface area contributed by atoms with Gasteiger partial charge in [0.1, 0.15) is 6.04 Å². The summed E-state index contributed by atoms with van der Waals surface area (Å²) in [4.78, 5) is 19.1. The van der Waals surface area contributed by atoms with E-state index in [1.54, 1.807) is 11.3 Å². The molecule has 0 aromatic carbocycles. The van der Waals surface area contributed by atoms with E-state index in [1.807, 2.05) is 17.0 Å². The van der Waals surface area contributed by atoms with Crippen LogP contribution in [0.25, 0.3) is 10.7 Å². The second kappa shape index (κ2) is 6.25. The molecule has 1 aliphatic rings. The number of thiophene rings is 1. The van der Waals surface area contributed by atoms with Gasteiger partial charge in [-0.15, -0.1) is 11.3 Å². The Kier molecular flexibility index (Phi) is 4.37. The average molecular weight is 372 g/mol. The Labute approximate surface area is 134 Å². The smallest absolute Gasteiger partial charge is 0.323 e. The van der Waals surface area contributed by atoms with Gasteiger partial charge in [0.15, 0.2) is 0 Å². The topological polar surface area (TPSA) is 68.5 Å². The molecule has 1 aliphatic heterocycles. The molecular weight excluding hydrogens is 358 g/mol. The van der Waals surface area contributed by atoms with Crippen LogP contribution in [-0.2, 0) is 16.1 Å². The summed E-state index contributed by atoms with van der Waals surface area (Å²) in [7, 11) is 1.41. The van der Waals surface area contributed by atoms with E-state index in [2.05, 4.69) is 26.1 Å².